The van der Waals surface area contributed by atoms with E-state index in [2.05, 4.69) is 5.32 Å². The molecule has 254 valence electrons. The Bertz CT molecular complexity index is 1920. The number of likely N-dealkylation sites (tertiary alicyclic amines) is 1. The van der Waals surface area contributed by atoms with Crippen LogP contribution in [0.15, 0.2) is 137 Å². The van der Waals surface area contributed by atoms with Crippen LogP contribution in [0.1, 0.15) is 35.0 Å². The van der Waals surface area contributed by atoms with Crippen LogP contribution in [-0.2, 0) is 27.5 Å². The molecule has 10 nitrogen and oxygen atoms in total. The van der Waals surface area contributed by atoms with Gasteiger partial charge in [0.15, 0.2) is 5.17 Å². The zero-order valence-electron chi connectivity index (χ0n) is 27.1. The fraction of sp³-hybridized carbons (Fsp3) is 0.205. The van der Waals surface area contributed by atoms with E-state index in [-0.39, 0.29) is 25.0 Å². The van der Waals surface area contributed by atoms with E-state index >= 15 is 0 Å². The average molecular weight is 689 g/mol. The van der Waals surface area contributed by atoms with Crippen LogP contribution in [0.2, 0.25) is 0 Å². The molecular formula is C39H36N4O6S. The summed E-state index contributed by atoms with van der Waals surface area (Å²) in [7, 11) is 0. The second-order valence-electron chi connectivity index (χ2n) is 11.9. The summed E-state index contributed by atoms with van der Waals surface area (Å²) in [6.07, 6.45) is 1.77. The summed E-state index contributed by atoms with van der Waals surface area (Å²) in [5.74, 6) is 1.65. The van der Waals surface area contributed by atoms with E-state index in [1.807, 2.05) is 103 Å². The number of carbonyl (C=O) groups excluding carboxylic acids is 2. The fourth-order valence-corrected chi connectivity index (χ4v) is 7.12. The van der Waals surface area contributed by atoms with Gasteiger partial charge in [0.05, 0.1) is 31.1 Å². The summed E-state index contributed by atoms with van der Waals surface area (Å²) >= 11 is 1.36. The second kappa shape index (κ2) is 15.6. The quantitative estimate of drug-likeness (QED) is 0.130. The van der Waals surface area contributed by atoms with Crippen LogP contribution in [0, 0.1) is 0 Å². The van der Waals surface area contributed by atoms with Gasteiger partial charge >= 0.3 is 0 Å². The van der Waals surface area contributed by atoms with E-state index in [1.54, 1.807) is 34.3 Å². The highest BCUT2D eigenvalue weighted by atomic mass is 32.2. The molecule has 0 spiro atoms. The van der Waals surface area contributed by atoms with Gasteiger partial charge in [-0.1, -0.05) is 78.5 Å². The van der Waals surface area contributed by atoms with Gasteiger partial charge in [0.2, 0.25) is 18.2 Å². The van der Waals surface area contributed by atoms with Crippen molar-refractivity contribution in [2.24, 2.45) is 4.99 Å². The van der Waals surface area contributed by atoms with Crippen molar-refractivity contribution in [3.8, 4) is 11.5 Å². The molecule has 11 heteroatoms. The Morgan fingerprint density at radius 2 is 1.70 bits per heavy atom. The third kappa shape index (κ3) is 7.98. The molecule has 1 aromatic heterocycles. The topological polar surface area (TPSA) is 117 Å². The van der Waals surface area contributed by atoms with Crippen molar-refractivity contribution in [3.05, 3.63) is 144 Å². The molecular weight excluding hydrogens is 653 g/mol. The lowest BCUT2D eigenvalue weighted by molar-refractivity contribution is -0.204. The number of thioether (sulfide) groups is 1. The molecule has 50 heavy (non-hydrogen) atoms. The van der Waals surface area contributed by atoms with Crippen molar-refractivity contribution in [2.75, 3.05) is 11.9 Å². The van der Waals surface area contributed by atoms with Crippen molar-refractivity contribution in [1.82, 2.24) is 9.80 Å². The number of nitrogens with zero attached hydrogens (tertiary/aromatic N) is 3. The van der Waals surface area contributed by atoms with E-state index in [0.717, 1.165) is 17.5 Å². The Labute approximate surface area is 294 Å². The Morgan fingerprint density at radius 1 is 0.940 bits per heavy atom. The predicted molar refractivity (Wildman–Crippen MR) is 192 cm³/mol. The number of aliphatic hydroxyl groups excluding tert-OH is 1. The first kappa shape index (κ1) is 33.3. The molecule has 2 fully saturated rings. The monoisotopic (exact) mass is 688 g/mol. The number of anilines is 1. The third-order valence-electron chi connectivity index (χ3n) is 8.46. The Balaban J connectivity index is 1.03. The highest BCUT2D eigenvalue weighted by molar-refractivity contribution is 8.15. The number of aliphatic imine (C=N–C) groups is 1. The van der Waals surface area contributed by atoms with Crippen LogP contribution >= 0.6 is 11.8 Å². The van der Waals surface area contributed by atoms with Crippen molar-refractivity contribution < 1.29 is 28.6 Å². The van der Waals surface area contributed by atoms with Gasteiger partial charge in [-0.25, -0.2) is 9.89 Å². The minimum atomic E-state index is -1.19. The minimum absolute atomic E-state index is 0.121. The fourth-order valence-electron chi connectivity index (χ4n) is 5.95. The number of hydrogen-bond donors (Lipinski definition) is 2. The molecule has 0 radical (unpaired) electrons. The van der Waals surface area contributed by atoms with Gasteiger partial charge in [0, 0.05) is 18.3 Å². The SMILES string of the molecule is O=C(Nc1ccc(C2SC(=Nc3cccc(Oc4ccccc4)c3)N(Cc3ccco3)C2=O)cc1)[C@@H]1CCCN1C(O)OCc1ccccc1. The second-order valence-corrected chi connectivity index (χ2v) is 13.0. The summed E-state index contributed by atoms with van der Waals surface area (Å²) in [5, 5.41) is 13.7. The standard InChI is InChI=1S/C39H36N4O6S/c44-36(34-17-8-22-42(34)39(46)48-26-27-10-3-1-4-11-27)40-29-20-18-28(19-21-29)35-37(45)43(25-33-16-9-23-47-33)38(50-35)41-30-12-7-15-32(24-30)49-31-13-5-2-6-14-31/h1-7,9-16,18-21,23-24,34-35,39,46H,8,17,22,25-26H2,(H,40,44)/t34-,35?,39?/m0/s1. The van der Waals surface area contributed by atoms with Crippen LogP contribution in [0.3, 0.4) is 0 Å². The van der Waals surface area contributed by atoms with Crippen molar-refractivity contribution in [3.63, 3.8) is 0 Å². The van der Waals surface area contributed by atoms with Crippen molar-refractivity contribution in [2.45, 2.75) is 43.7 Å². The molecule has 7 rings (SSSR count). The van der Waals surface area contributed by atoms with E-state index in [0.29, 0.717) is 46.8 Å². The Hall–Kier alpha value is -5.20. The van der Waals surface area contributed by atoms with E-state index < -0.39 is 17.7 Å². The summed E-state index contributed by atoms with van der Waals surface area (Å²) < 4.78 is 17.3. The first-order valence-electron chi connectivity index (χ1n) is 16.4. The van der Waals surface area contributed by atoms with E-state index in [4.69, 9.17) is 18.9 Å². The number of furan rings is 1. The average Bonchev–Trinajstić information content (AvgIpc) is 3.91. The number of benzene rings is 4. The number of carbonyl (C=O) groups is 2. The normalized spacial score (nSPS) is 19.2. The number of amides is 2. The maximum Gasteiger partial charge on any atom is 0.247 e. The molecule has 2 unspecified atom stereocenters. The van der Waals surface area contributed by atoms with Crippen LogP contribution in [0.4, 0.5) is 11.4 Å². The zero-order chi connectivity index (χ0) is 34.3. The highest BCUT2D eigenvalue weighted by Crippen LogP contribution is 2.42. The lowest BCUT2D eigenvalue weighted by Crippen LogP contribution is -2.46. The molecule has 2 saturated heterocycles. The summed E-state index contributed by atoms with van der Waals surface area (Å²) in [5.41, 5.74) is 2.96. The van der Waals surface area contributed by atoms with Gasteiger partial charge in [-0.3, -0.25) is 14.5 Å². The van der Waals surface area contributed by atoms with Crippen LogP contribution in [0.5, 0.6) is 11.5 Å². The van der Waals surface area contributed by atoms with Gasteiger partial charge in [-0.2, -0.15) is 0 Å². The predicted octanol–water partition coefficient (Wildman–Crippen LogP) is 7.47. The molecule has 3 atom stereocenters. The van der Waals surface area contributed by atoms with Crippen molar-refractivity contribution >= 4 is 40.1 Å². The number of ether oxygens (including phenoxy) is 2. The smallest absolute Gasteiger partial charge is 0.247 e. The lowest BCUT2D eigenvalue weighted by Gasteiger charge is -2.28. The van der Waals surface area contributed by atoms with Crippen LogP contribution in [-0.4, -0.2) is 50.9 Å². The van der Waals surface area contributed by atoms with E-state index in [1.165, 1.54) is 11.8 Å². The summed E-state index contributed by atoms with van der Waals surface area (Å²) in [6, 6.07) is 36.9. The minimum Gasteiger partial charge on any atom is -0.467 e. The number of para-hydroxylation sites is 1. The summed E-state index contributed by atoms with van der Waals surface area (Å²) in [4.78, 5) is 35.4. The Morgan fingerprint density at radius 3 is 2.46 bits per heavy atom. The van der Waals surface area contributed by atoms with Gasteiger partial charge in [-0.15, -0.1) is 0 Å². The molecule has 3 heterocycles. The largest absolute Gasteiger partial charge is 0.467 e. The molecule has 0 saturated carbocycles. The van der Waals surface area contributed by atoms with Gasteiger partial charge in [0.25, 0.3) is 0 Å². The molecule has 2 aliphatic heterocycles. The molecule has 0 bridgehead atoms. The molecule has 2 amide bonds. The maximum absolute atomic E-state index is 13.9. The number of rotatable bonds is 12. The van der Waals surface area contributed by atoms with Crippen LogP contribution in [0.25, 0.3) is 0 Å². The third-order valence-corrected chi connectivity index (χ3v) is 9.70. The van der Waals surface area contributed by atoms with Gasteiger partial charge in [0.1, 0.15) is 22.5 Å². The number of aliphatic hydroxyl groups is 1. The first-order chi connectivity index (χ1) is 24.5. The molecule has 2 N–H and O–H groups in total. The number of amidine groups is 1. The number of nitrogens with one attached hydrogen (secondary N) is 1. The molecule has 5 aromatic rings. The van der Waals surface area contributed by atoms with E-state index in [9.17, 15) is 14.7 Å². The summed E-state index contributed by atoms with van der Waals surface area (Å²) in [6.45, 7) is 1.03. The number of hydrogen-bond acceptors (Lipinski definition) is 9. The first-order valence-corrected chi connectivity index (χ1v) is 17.3. The maximum atomic E-state index is 13.9. The molecule has 0 aliphatic carbocycles. The van der Waals surface area contributed by atoms with Crippen LogP contribution < -0.4 is 10.1 Å². The lowest BCUT2D eigenvalue weighted by atomic mass is 10.1. The van der Waals surface area contributed by atoms with Crippen molar-refractivity contribution in [1.29, 1.82) is 0 Å². The molecule has 4 aromatic carbocycles. The Kier molecular flexibility index (Phi) is 10.4. The molecule has 2 aliphatic rings. The highest BCUT2D eigenvalue weighted by Gasteiger charge is 2.40. The van der Waals surface area contributed by atoms with Gasteiger partial charge in [-0.05, 0) is 72.5 Å². The zero-order valence-corrected chi connectivity index (χ0v) is 27.9. The van der Waals surface area contributed by atoms with Gasteiger partial charge < -0.3 is 24.3 Å².